The van der Waals surface area contributed by atoms with Crippen molar-refractivity contribution in [2.75, 3.05) is 6.54 Å². The molecule has 0 fully saturated rings. The zero-order valence-corrected chi connectivity index (χ0v) is 17.6. The van der Waals surface area contributed by atoms with Crippen LogP contribution in [0.1, 0.15) is 43.1 Å². The number of amides is 2. The van der Waals surface area contributed by atoms with Crippen molar-refractivity contribution in [3.63, 3.8) is 0 Å². The van der Waals surface area contributed by atoms with Gasteiger partial charge in [0.2, 0.25) is 0 Å². The second-order valence-corrected chi connectivity index (χ2v) is 8.36. The third kappa shape index (κ3) is 4.03. The average Bonchev–Trinajstić information content (AvgIpc) is 3.13. The summed E-state index contributed by atoms with van der Waals surface area (Å²) in [6, 6.07) is 19.9. The zero-order valence-electron chi connectivity index (χ0n) is 16.8. The number of nitrogens with zero attached hydrogens (tertiary/aromatic N) is 2. The van der Waals surface area contributed by atoms with Gasteiger partial charge in [-0.05, 0) is 53.8 Å². The fourth-order valence-electron chi connectivity index (χ4n) is 3.90. The lowest BCUT2D eigenvalue weighted by Gasteiger charge is -2.31. The molecule has 0 aliphatic carbocycles. The molecule has 1 atom stereocenters. The van der Waals surface area contributed by atoms with E-state index in [0.717, 1.165) is 28.9 Å². The summed E-state index contributed by atoms with van der Waals surface area (Å²) in [5.74, 6) is 0.546. The van der Waals surface area contributed by atoms with Crippen molar-refractivity contribution in [3.05, 3.63) is 88.7 Å². The van der Waals surface area contributed by atoms with E-state index in [4.69, 9.17) is 11.6 Å². The molecule has 0 bridgehead atoms. The highest BCUT2D eigenvalue weighted by molar-refractivity contribution is 6.30. The molecule has 1 N–H and O–H groups in total. The summed E-state index contributed by atoms with van der Waals surface area (Å²) < 4.78 is 2.19. The van der Waals surface area contributed by atoms with Crippen LogP contribution in [0, 0.1) is 5.92 Å². The van der Waals surface area contributed by atoms with Gasteiger partial charge in [-0.1, -0.05) is 55.8 Å². The first kappa shape index (κ1) is 19.6. The van der Waals surface area contributed by atoms with E-state index in [1.807, 2.05) is 47.4 Å². The lowest BCUT2D eigenvalue weighted by molar-refractivity contribution is 0.180. The normalized spacial score (nSPS) is 15.6. The highest BCUT2D eigenvalue weighted by atomic mass is 35.5. The second-order valence-electron chi connectivity index (χ2n) is 7.93. The molecular weight excluding hydrogens is 382 g/mol. The van der Waals surface area contributed by atoms with Crippen LogP contribution in [0.25, 0.3) is 5.69 Å². The number of carbonyl (C=O) groups excluding carboxylic acids is 1. The maximum absolute atomic E-state index is 13.3. The van der Waals surface area contributed by atoms with E-state index in [0.29, 0.717) is 24.0 Å². The van der Waals surface area contributed by atoms with Gasteiger partial charge in [0.15, 0.2) is 0 Å². The fourth-order valence-corrected chi connectivity index (χ4v) is 4.03. The van der Waals surface area contributed by atoms with Crippen molar-refractivity contribution in [1.29, 1.82) is 0 Å². The number of aromatic nitrogens is 1. The van der Waals surface area contributed by atoms with Gasteiger partial charge in [0.25, 0.3) is 0 Å². The van der Waals surface area contributed by atoms with Gasteiger partial charge in [-0.2, -0.15) is 0 Å². The minimum Gasteiger partial charge on any atom is -0.338 e. The summed E-state index contributed by atoms with van der Waals surface area (Å²) in [5, 5.41) is 3.82. The molecule has 1 aliphatic heterocycles. The number of nitrogens with one attached hydrogen (secondary N) is 1. The largest absolute Gasteiger partial charge is 0.338 e. The number of carbonyl (C=O) groups is 1. The number of rotatable bonds is 4. The Morgan fingerprint density at radius 1 is 1.10 bits per heavy atom. The second kappa shape index (κ2) is 8.34. The van der Waals surface area contributed by atoms with Crippen molar-refractivity contribution in [2.45, 2.75) is 32.9 Å². The molecular formula is C24H26ClN3O. The van der Waals surface area contributed by atoms with Gasteiger partial charge >= 0.3 is 6.03 Å². The van der Waals surface area contributed by atoms with Crippen molar-refractivity contribution >= 4 is 17.6 Å². The Bertz CT molecular complexity index is 993. The van der Waals surface area contributed by atoms with E-state index in [1.165, 1.54) is 0 Å². The van der Waals surface area contributed by atoms with E-state index in [9.17, 15) is 4.79 Å². The Hall–Kier alpha value is -2.72. The molecule has 1 aliphatic rings. The van der Waals surface area contributed by atoms with Crippen molar-refractivity contribution in [2.24, 2.45) is 5.92 Å². The maximum atomic E-state index is 13.3. The Balaban J connectivity index is 1.78. The summed E-state index contributed by atoms with van der Waals surface area (Å²) in [4.78, 5) is 15.2. The minimum absolute atomic E-state index is 0.0462. The summed E-state index contributed by atoms with van der Waals surface area (Å²) in [6.07, 6.45) is 3.02. The monoisotopic (exact) mass is 407 g/mol. The first-order valence-corrected chi connectivity index (χ1v) is 10.5. The number of benzene rings is 2. The van der Waals surface area contributed by atoms with E-state index < -0.39 is 0 Å². The van der Waals surface area contributed by atoms with Crippen LogP contribution in [0.5, 0.6) is 0 Å². The quantitative estimate of drug-likeness (QED) is 0.583. The molecule has 0 radical (unpaired) electrons. The van der Waals surface area contributed by atoms with Gasteiger partial charge in [-0.15, -0.1) is 0 Å². The summed E-state index contributed by atoms with van der Waals surface area (Å²) in [6.45, 7) is 5.54. The molecule has 4 nitrogen and oxygen atoms in total. The molecule has 2 amide bonds. The van der Waals surface area contributed by atoms with Crippen LogP contribution in [0.4, 0.5) is 4.79 Å². The van der Waals surface area contributed by atoms with Gasteiger partial charge in [0.1, 0.15) is 0 Å². The number of para-hydroxylation sites is 1. The van der Waals surface area contributed by atoms with E-state index in [-0.39, 0.29) is 12.1 Å². The number of hydrogen-bond donors (Lipinski definition) is 1. The minimum atomic E-state index is -0.200. The fraction of sp³-hybridized carbons (Fsp3) is 0.292. The first-order valence-electron chi connectivity index (χ1n) is 10.1. The molecule has 2 aromatic carbocycles. The topological polar surface area (TPSA) is 37.3 Å². The number of urea groups is 1. The van der Waals surface area contributed by atoms with Crippen LogP contribution in [-0.4, -0.2) is 22.0 Å². The summed E-state index contributed by atoms with van der Waals surface area (Å²) in [7, 11) is 0. The van der Waals surface area contributed by atoms with Gasteiger partial charge < -0.3 is 14.8 Å². The number of fused-ring (bicyclic) bond motifs is 3. The average molecular weight is 408 g/mol. The van der Waals surface area contributed by atoms with Gasteiger partial charge in [0.05, 0.1) is 18.3 Å². The molecule has 4 rings (SSSR count). The van der Waals surface area contributed by atoms with Crippen LogP contribution >= 0.6 is 11.6 Å². The number of hydrogen-bond acceptors (Lipinski definition) is 1. The predicted octanol–water partition coefficient (Wildman–Crippen LogP) is 5.79. The molecule has 0 spiro atoms. The third-order valence-corrected chi connectivity index (χ3v) is 5.66. The summed E-state index contributed by atoms with van der Waals surface area (Å²) in [5.41, 5.74) is 4.35. The molecule has 0 unspecified atom stereocenters. The smallest absolute Gasteiger partial charge is 0.318 e. The van der Waals surface area contributed by atoms with Crippen molar-refractivity contribution < 1.29 is 4.79 Å². The van der Waals surface area contributed by atoms with E-state index in [1.54, 1.807) is 0 Å². The lowest BCUT2D eigenvalue weighted by Crippen LogP contribution is -2.42. The third-order valence-electron chi connectivity index (χ3n) is 5.41. The molecule has 150 valence electrons. The SMILES string of the molecule is CC(C)CCNC(=O)N1Cc2ccccc2-n2cccc2[C@@H]1c1ccc(Cl)cc1. The van der Waals surface area contributed by atoms with Crippen LogP contribution in [0.15, 0.2) is 66.9 Å². The van der Waals surface area contributed by atoms with Crippen molar-refractivity contribution in [3.8, 4) is 5.69 Å². The van der Waals surface area contributed by atoms with E-state index in [2.05, 4.69) is 48.1 Å². The van der Waals surface area contributed by atoms with E-state index >= 15 is 0 Å². The van der Waals surface area contributed by atoms with Gasteiger partial charge in [0, 0.05) is 23.5 Å². The highest BCUT2D eigenvalue weighted by Gasteiger charge is 2.32. The Kier molecular flexibility index (Phi) is 5.63. The molecule has 29 heavy (non-hydrogen) atoms. The van der Waals surface area contributed by atoms with Crippen LogP contribution in [0.3, 0.4) is 0 Å². The van der Waals surface area contributed by atoms with Crippen LogP contribution < -0.4 is 5.32 Å². The molecule has 0 saturated carbocycles. The maximum Gasteiger partial charge on any atom is 0.318 e. The van der Waals surface area contributed by atoms with Crippen molar-refractivity contribution in [1.82, 2.24) is 14.8 Å². The van der Waals surface area contributed by atoms with Crippen LogP contribution in [-0.2, 0) is 6.54 Å². The molecule has 1 aromatic heterocycles. The zero-order chi connectivity index (χ0) is 20.4. The molecule has 2 heterocycles. The lowest BCUT2D eigenvalue weighted by atomic mass is 10.0. The molecule has 3 aromatic rings. The standard InChI is InChI=1S/C24H26ClN3O/c1-17(2)13-14-26-24(29)28-16-19-6-3-4-7-21(19)27-15-5-8-22(27)23(28)18-9-11-20(25)12-10-18/h3-12,15,17,23H,13-14,16H2,1-2H3,(H,26,29)/t23-/m0/s1. The van der Waals surface area contributed by atoms with Crippen LogP contribution in [0.2, 0.25) is 5.02 Å². The molecule has 0 saturated heterocycles. The predicted molar refractivity (Wildman–Crippen MR) is 117 cm³/mol. The Labute approximate surface area is 177 Å². The highest BCUT2D eigenvalue weighted by Crippen LogP contribution is 2.36. The molecule has 5 heteroatoms. The van der Waals surface area contributed by atoms with Gasteiger partial charge in [-0.3, -0.25) is 0 Å². The number of halogens is 1. The Morgan fingerprint density at radius 2 is 1.86 bits per heavy atom. The van der Waals surface area contributed by atoms with Gasteiger partial charge in [-0.25, -0.2) is 4.79 Å². The summed E-state index contributed by atoms with van der Waals surface area (Å²) >= 11 is 6.13. The Morgan fingerprint density at radius 3 is 2.62 bits per heavy atom. The first-order chi connectivity index (χ1) is 14.0.